The molecule has 0 fully saturated rings. The van der Waals surface area contributed by atoms with Gasteiger partial charge >= 0.3 is 17.9 Å². The highest BCUT2D eigenvalue weighted by molar-refractivity contribution is 5.71. The van der Waals surface area contributed by atoms with Crippen LogP contribution >= 0.6 is 0 Å². The molecule has 0 aromatic rings. The molecule has 6 nitrogen and oxygen atoms in total. The predicted octanol–water partition coefficient (Wildman–Crippen LogP) is 20.4. The first-order chi connectivity index (χ1) is 36.0. The highest BCUT2D eigenvalue weighted by Gasteiger charge is 2.19. The van der Waals surface area contributed by atoms with Gasteiger partial charge in [0.25, 0.3) is 0 Å². The van der Waals surface area contributed by atoms with E-state index in [9.17, 15) is 14.4 Å². The van der Waals surface area contributed by atoms with E-state index in [0.29, 0.717) is 12.8 Å². The summed E-state index contributed by atoms with van der Waals surface area (Å²) in [6.45, 7) is 6.37. The zero-order chi connectivity index (χ0) is 52.9. The lowest BCUT2D eigenvalue weighted by molar-refractivity contribution is -0.167. The molecule has 0 rings (SSSR count). The molecule has 0 aromatic carbocycles. The first kappa shape index (κ1) is 68.8. The molecule has 0 aliphatic rings. The molecule has 1 atom stereocenters. The van der Waals surface area contributed by atoms with Crippen molar-refractivity contribution in [3.63, 3.8) is 0 Å². The van der Waals surface area contributed by atoms with E-state index < -0.39 is 6.10 Å². The third-order valence-electron chi connectivity index (χ3n) is 12.4. The molecule has 0 spiro atoms. The number of ether oxygens (including phenoxy) is 3. The van der Waals surface area contributed by atoms with Gasteiger partial charge in [-0.25, -0.2) is 0 Å². The van der Waals surface area contributed by atoms with Crippen molar-refractivity contribution < 1.29 is 28.6 Å². The van der Waals surface area contributed by atoms with Gasteiger partial charge in [0.1, 0.15) is 13.2 Å². The largest absolute Gasteiger partial charge is 0.462 e. The average Bonchev–Trinajstić information content (AvgIpc) is 3.39. The first-order valence-electron chi connectivity index (χ1n) is 30.0. The van der Waals surface area contributed by atoms with E-state index in [0.717, 1.165) is 135 Å². The highest BCUT2D eigenvalue weighted by Crippen LogP contribution is 2.14. The van der Waals surface area contributed by atoms with E-state index in [1.54, 1.807) is 0 Å². The van der Waals surface area contributed by atoms with Crippen LogP contribution in [0.4, 0.5) is 0 Å². The van der Waals surface area contributed by atoms with Crippen LogP contribution in [0.15, 0.2) is 122 Å². The maximum atomic E-state index is 12.9. The normalized spacial score (nSPS) is 13.0. The Bertz CT molecular complexity index is 1540. The van der Waals surface area contributed by atoms with Crippen LogP contribution in [0, 0.1) is 0 Å². The van der Waals surface area contributed by atoms with Crippen molar-refractivity contribution >= 4 is 17.9 Å². The summed E-state index contributed by atoms with van der Waals surface area (Å²) in [6, 6.07) is 0. The standard InChI is InChI=1S/C67H110O6/c1-4-7-10-13-16-19-22-25-28-31-33-36-39-42-45-48-51-54-57-60-66(69)72-63-64(62-71-65(68)59-56-53-50-47-44-41-38-35-30-27-24-21-18-15-12-9-6-3)73-67(70)61-58-55-52-49-46-43-40-37-34-32-29-26-23-20-17-14-11-8-5-2/h8-9,11-12,17-18,20-21,25-30,34,37-38,41,43,46,64H,4-7,10,13-16,19,22-24,31-33,35-36,39-40,42,44-45,47-63H2,1-3H3/b11-8-,12-9-,20-17-,21-18-,28-25-,29-26-,30-27-,37-34-,41-38-,46-43-/t64-/m1/s1. The minimum atomic E-state index is -0.811. The topological polar surface area (TPSA) is 78.9 Å². The highest BCUT2D eigenvalue weighted by atomic mass is 16.6. The molecule has 0 aliphatic heterocycles. The molecule has 0 saturated carbocycles. The monoisotopic (exact) mass is 1010 g/mol. The van der Waals surface area contributed by atoms with Gasteiger partial charge in [0.05, 0.1) is 0 Å². The quantitative estimate of drug-likeness (QED) is 0.0261. The fourth-order valence-electron chi connectivity index (χ4n) is 7.98. The summed E-state index contributed by atoms with van der Waals surface area (Å²) in [6.07, 6.45) is 83.3. The molecule has 0 heterocycles. The Kier molecular flexibility index (Phi) is 56.9. The van der Waals surface area contributed by atoms with Crippen LogP contribution in [0.5, 0.6) is 0 Å². The second kappa shape index (κ2) is 60.4. The molecule has 0 saturated heterocycles. The molecule has 73 heavy (non-hydrogen) atoms. The molecular formula is C67H110O6. The number of hydrogen-bond donors (Lipinski definition) is 0. The van der Waals surface area contributed by atoms with Gasteiger partial charge < -0.3 is 14.2 Å². The lowest BCUT2D eigenvalue weighted by atomic mass is 10.1. The Balaban J connectivity index is 4.50. The summed E-state index contributed by atoms with van der Waals surface area (Å²) in [7, 11) is 0. The van der Waals surface area contributed by atoms with Crippen molar-refractivity contribution in [3.05, 3.63) is 122 Å². The van der Waals surface area contributed by atoms with Crippen molar-refractivity contribution in [3.8, 4) is 0 Å². The third-order valence-corrected chi connectivity index (χ3v) is 12.4. The second-order valence-corrected chi connectivity index (χ2v) is 19.5. The third kappa shape index (κ3) is 58.6. The summed E-state index contributed by atoms with van der Waals surface area (Å²) < 4.78 is 16.9. The lowest BCUT2D eigenvalue weighted by Crippen LogP contribution is -2.30. The minimum Gasteiger partial charge on any atom is -0.462 e. The van der Waals surface area contributed by atoms with Crippen molar-refractivity contribution in [2.45, 2.75) is 271 Å². The van der Waals surface area contributed by atoms with Crippen molar-refractivity contribution in [1.29, 1.82) is 0 Å². The summed E-state index contributed by atoms with van der Waals surface area (Å²) in [5.41, 5.74) is 0. The molecule has 0 N–H and O–H groups in total. The van der Waals surface area contributed by atoms with E-state index in [1.165, 1.54) is 89.9 Å². The molecule has 0 amide bonds. The van der Waals surface area contributed by atoms with Gasteiger partial charge in [0.2, 0.25) is 0 Å². The van der Waals surface area contributed by atoms with Gasteiger partial charge in [-0.15, -0.1) is 0 Å². The predicted molar refractivity (Wildman–Crippen MR) is 316 cm³/mol. The molecule has 0 unspecified atom stereocenters. The van der Waals surface area contributed by atoms with Crippen LogP contribution in [-0.2, 0) is 28.6 Å². The van der Waals surface area contributed by atoms with Gasteiger partial charge in [0, 0.05) is 19.3 Å². The van der Waals surface area contributed by atoms with Crippen LogP contribution in [0.3, 0.4) is 0 Å². The number of esters is 3. The SMILES string of the molecule is CC/C=C\C/C=C\C/C=C\C/C=C\C/C=C\CCCCCC(=O)O[C@H](COC(=O)CCCCCC/C=C\C/C=C\C/C=C\C/C=C\CC)COC(=O)CCCCCCCCCCC/C=C\CCCCCCCC. The Morgan fingerprint density at radius 2 is 0.534 bits per heavy atom. The van der Waals surface area contributed by atoms with Gasteiger partial charge in [-0.2, -0.15) is 0 Å². The van der Waals surface area contributed by atoms with Crippen molar-refractivity contribution in [2.75, 3.05) is 13.2 Å². The maximum Gasteiger partial charge on any atom is 0.306 e. The van der Waals surface area contributed by atoms with Crippen molar-refractivity contribution in [1.82, 2.24) is 0 Å². The van der Waals surface area contributed by atoms with Crippen molar-refractivity contribution in [2.24, 2.45) is 0 Å². The van der Waals surface area contributed by atoms with Crippen LogP contribution in [-0.4, -0.2) is 37.2 Å². The summed E-state index contributed by atoms with van der Waals surface area (Å²) in [5.74, 6) is -0.961. The maximum absolute atomic E-state index is 12.9. The Labute approximate surface area is 450 Å². The Morgan fingerprint density at radius 3 is 0.863 bits per heavy atom. The van der Waals surface area contributed by atoms with Gasteiger partial charge in [-0.3, -0.25) is 14.4 Å². The Morgan fingerprint density at radius 1 is 0.288 bits per heavy atom. The zero-order valence-electron chi connectivity index (χ0n) is 47.4. The first-order valence-corrected chi connectivity index (χ1v) is 30.0. The smallest absolute Gasteiger partial charge is 0.306 e. The molecule has 0 bridgehead atoms. The lowest BCUT2D eigenvalue weighted by Gasteiger charge is -2.18. The summed E-state index contributed by atoms with van der Waals surface area (Å²) >= 11 is 0. The number of unbranched alkanes of at least 4 members (excludes halogenated alkanes) is 22. The molecular weight excluding hydrogens is 901 g/mol. The molecule has 0 radical (unpaired) electrons. The summed E-state index contributed by atoms with van der Waals surface area (Å²) in [5, 5.41) is 0. The van der Waals surface area contributed by atoms with Gasteiger partial charge in [-0.05, 0) is 128 Å². The van der Waals surface area contributed by atoms with E-state index in [4.69, 9.17) is 14.2 Å². The van der Waals surface area contributed by atoms with Gasteiger partial charge in [0.15, 0.2) is 6.10 Å². The fraction of sp³-hybridized carbons (Fsp3) is 0.657. The Hall–Kier alpha value is -4.19. The number of hydrogen-bond acceptors (Lipinski definition) is 6. The molecule has 0 aliphatic carbocycles. The second-order valence-electron chi connectivity index (χ2n) is 19.5. The van der Waals surface area contributed by atoms with Crippen LogP contribution in [0.1, 0.15) is 265 Å². The fourth-order valence-corrected chi connectivity index (χ4v) is 7.98. The van der Waals surface area contributed by atoms with Crippen LogP contribution < -0.4 is 0 Å². The molecule has 6 heteroatoms. The number of carbonyl (C=O) groups is 3. The van der Waals surface area contributed by atoms with Crippen LogP contribution in [0.2, 0.25) is 0 Å². The number of rotatable bonds is 53. The van der Waals surface area contributed by atoms with E-state index in [1.807, 2.05) is 0 Å². The van der Waals surface area contributed by atoms with E-state index >= 15 is 0 Å². The van der Waals surface area contributed by atoms with E-state index in [2.05, 4.69) is 142 Å². The zero-order valence-corrected chi connectivity index (χ0v) is 47.4. The molecule has 0 aromatic heterocycles. The molecule has 414 valence electrons. The van der Waals surface area contributed by atoms with Crippen LogP contribution in [0.25, 0.3) is 0 Å². The average molecular weight is 1010 g/mol. The summed E-state index contributed by atoms with van der Waals surface area (Å²) in [4.78, 5) is 38.3. The van der Waals surface area contributed by atoms with E-state index in [-0.39, 0.29) is 37.5 Å². The number of carbonyl (C=O) groups excluding carboxylic acids is 3. The van der Waals surface area contributed by atoms with Gasteiger partial charge in [-0.1, -0.05) is 239 Å². The minimum absolute atomic E-state index is 0.103. The number of allylic oxidation sites excluding steroid dienone is 20.